The molecular formula is C28H29N5O3. The third-order valence-electron chi connectivity index (χ3n) is 6.84. The summed E-state index contributed by atoms with van der Waals surface area (Å²) in [5.41, 5.74) is 5.34. The SMILES string of the molecule is C\C=C/C=C1/C(=O)N(C2CCC(=O)NC2=O)C/C1=C\Nc1ccnc(Cc2ccc3c(c2)CCC3)n1. The number of nitrogens with zero attached hydrogens (tertiary/aromatic N) is 3. The van der Waals surface area contributed by atoms with E-state index in [4.69, 9.17) is 0 Å². The van der Waals surface area contributed by atoms with Crippen LogP contribution in [-0.2, 0) is 33.6 Å². The van der Waals surface area contributed by atoms with E-state index >= 15 is 0 Å². The molecule has 2 N–H and O–H groups in total. The molecule has 3 heterocycles. The highest BCUT2D eigenvalue weighted by Gasteiger charge is 2.40. The highest BCUT2D eigenvalue weighted by Crippen LogP contribution is 2.28. The lowest BCUT2D eigenvalue weighted by Crippen LogP contribution is -2.52. The van der Waals surface area contributed by atoms with Gasteiger partial charge in [0, 0.05) is 42.9 Å². The van der Waals surface area contributed by atoms with Crippen molar-refractivity contribution in [3.05, 3.63) is 88.6 Å². The van der Waals surface area contributed by atoms with E-state index in [0.29, 0.717) is 30.1 Å². The first-order valence-corrected chi connectivity index (χ1v) is 12.4. The summed E-state index contributed by atoms with van der Waals surface area (Å²) < 4.78 is 0. The van der Waals surface area contributed by atoms with Gasteiger partial charge in [-0.15, -0.1) is 0 Å². The van der Waals surface area contributed by atoms with Crippen LogP contribution in [0.25, 0.3) is 0 Å². The summed E-state index contributed by atoms with van der Waals surface area (Å²) in [4.78, 5) is 47.7. The zero-order valence-corrected chi connectivity index (χ0v) is 20.3. The molecule has 0 spiro atoms. The third-order valence-corrected chi connectivity index (χ3v) is 6.84. The van der Waals surface area contributed by atoms with Gasteiger partial charge < -0.3 is 10.2 Å². The summed E-state index contributed by atoms with van der Waals surface area (Å²) in [6.45, 7) is 2.15. The van der Waals surface area contributed by atoms with Gasteiger partial charge in [-0.25, -0.2) is 9.97 Å². The van der Waals surface area contributed by atoms with E-state index in [2.05, 4.69) is 38.8 Å². The van der Waals surface area contributed by atoms with Gasteiger partial charge >= 0.3 is 0 Å². The molecular weight excluding hydrogens is 454 g/mol. The lowest BCUT2D eigenvalue weighted by atomic mass is 10.0. The molecule has 2 fully saturated rings. The first-order chi connectivity index (χ1) is 17.5. The van der Waals surface area contributed by atoms with Crippen LogP contribution in [0.5, 0.6) is 0 Å². The second-order valence-corrected chi connectivity index (χ2v) is 9.31. The molecule has 8 heteroatoms. The fourth-order valence-corrected chi connectivity index (χ4v) is 5.00. The Balaban J connectivity index is 1.33. The lowest BCUT2D eigenvalue weighted by molar-refractivity contribution is -0.142. The van der Waals surface area contributed by atoms with Crippen LogP contribution in [0.1, 0.15) is 48.7 Å². The maximum atomic E-state index is 13.2. The number of likely N-dealkylation sites (tertiary alicyclic amines) is 1. The number of aryl methyl sites for hydroxylation is 2. The molecule has 5 rings (SSSR count). The van der Waals surface area contributed by atoms with Gasteiger partial charge in [-0.05, 0) is 61.4 Å². The second-order valence-electron chi connectivity index (χ2n) is 9.31. The van der Waals surface area contributed by atoms with Gasteiger partial charge in [0.1, 0.15) is 17.7 Å². The van der Waals surface area contributed by atoms with Gasteiger partial charge in [-0.1, -0.05) is 30.4 Å². The monoisotopic (exact) mass is 483 g/mol. The van der Waals surface area contributed by atoms with Gasteiger partial charge in [0.25, 0.3) is 5.91 Å². The van der Waals surface area contributed by atoms with Crippen LogP contribution in [0, 0.1) is 0 Å². The average Bonchev–Trinajstić information content (AvgIpc) is 3.45. The molecule has 3 amide bonds. The van der Waals surface area contributed by atoms with Crippen LogP contribution in [0.2, 0.25) is 0 Å². The van der Waals surface area contributed by atoms with Crippen LogP contribution in [0.3, 0.4) is 0 Å². The normalized spacial score (nSPS) is 22.1. The summed E-state index contributed by atoms with van der Waals surface area (Å²) in [6, 6.07) is 7.76. The maximum absolute atomic E-state index is 13.2. The Morgan fingerprint density at radius 3 is 2.83 bits per heavy atom. The van der Waals surface area contributed by atoms with Crippen LogP contribution in [-0.4, -0.2) is 45.2 Å². The zero-order valence-electron chi connectivity index (χ0n) is 20.3. The molecule has 2 aromatic rings. The molecule has 0 bridgehead atoms. The minimum Gasteiger partial charge on any atom is -0.346 e. The van der Waals surface area contributed by atoms with E-state index in [1.54, 1.807) is 30.6 Å². The van der Waals surface area contributed by atoms with E-state index < -0.39 is 11.9 Å². The number of benzene rings is 1. The van der Waals surface area contributed by atoms with Gasteiger partial charge in [0.15, 0.2) is 0 Å². The topological polar surface area (TPSA) is 104 Å². The third kappa shape index (κ3) is 4.98. The fourth-order valence-electron chi connectivity index (χ4n) is 5.00. The molecule has 1 aromatic carbocycles. The number of hydrogen-bond donors (Lipinski definition) is 2. The van der Waals surface area contributed by atoms with Gasteiger partial charge in [0.2, 0.25) is 11.8 Å². The second kappa shape index (κ2) is 10.3. The Morgan fingerprint density at radius 2 is 2.00 bits per heavy atom. The Kier molecular flexibility index (Phi) is 6.75. The molecule has 36 heavy (non-hydrogen) atoms. The molecule has 0 radical (unpaired) electrons. The number of anilines is 1. The number of carbonyl (C=O) groups is 3. The number of allylic oxidation sites excluding steroid dienone is 3. The number of imide groups is 1. The Labute approximate surface area is 210 Å². The molecule has 1 aliphatic carbocycles. The zero-order chi connectivity index (χ0) is 25.1. The highest BCUT2D eigenvalue weighted by atomic mass is 16.2. The Morgan fingerprint density at radius 1 is 1.14 bits per heavy atom. The molecule has 2 aliphatic heterocycles. The molecule has 1 aromatic heterocycles. The Bertz CT molecular complexity index is 1310. The number of rotatable bonds is 6. The van der Waals surface area contributed by atoms with Gasteiger partial charge in [0.05, 0.1) is 0 Å². The van der Waals surface area contributed by atoms with E-state index in [-0.39, 0.29) is 24.8 Å². The lowest BCUT2D eigenvalue weighted by Gasteiger charge is -2.28. The minimum absolute atomic E-state index is 0.222. The van der Waals surface area contributed by atoms with Crippen molar-refractivity contribution in [2.75, 3.05) is 11.9 Å². The molecule has 184 valence electrons. The quantitative estimate of drug-likeness (QED) is 0.484. The van der Waals surface area contributed by atoms with Crippen molar-refractivity contribution in [3.8, 4) is 0 Å². The summed E-state index contributed by atoms with van der Waals surface area (Å²) in [5, 5.41) is 5.55. The van der Waals surface area contributed by atoms with Gasteiger partial charge in [-0.3, -0.25) is 19.7 Å². The largest absolute Gasteiger partial charge is 0.346 e. The molecule has 8 nitrogen and oxygen atoms in total. The number of carbonyl (C=O) groups excluding carboxylic acids is 3. The van der Waals surface area contributed by atoms with E-state index in [9.17, 15) is 14.4 Å². The van der Waals surface area contributed by atoms with Crippen molar-refractivity contribution < 1.29 is 14.4 Å². The van der Waals surface area contributed by atoms with Crippen molar-refractivity contribution >= 4 is 23.5 Å². The summed E-state index contributed by atoms with van der Waals surface area (Å²) in [6.07, 6.45) is 13.6. The highest BCUT2D eigenvalue weighted by molar-refractivity contribution is 6.07. The molecule has 3 aliphatic rings. The number of aromatic nitrogens is 2. The summed E-state index contributed by atoms with van der Waals surface area (Å²) >= 11 is 0. The van der Waals surface area contributed by atoms with E-state index in [1.165, 1.54) is 28.0 Å². The number of nitrogens with one attached hydrogen (secondary N) is 2. The van der Waals surface area contributed by atoms with Crippen LogP contribution >= 0.6 is 0 Å². The number of amides is 3. The van der Waals surface area contributed by atoms with E-state index in [0.717, 1.165) is 18.4 Å². The van der Waals surface area contributed by atoms with Crippen LogP contribution in [0.4, 0.5) is 5.82 Å². The van der Waals surface area contributed by atoms with E-state index in [1.807, 2.05) is 13.0 Å². The predicted molar refractivity (Wildman–Crippen MR) is 136 cm³/mol. The Hall–Kier alpha value is -4.07. The van der Waals surface area contributed by atoms with Gasteiger partial charge in [-0.2, -0.15) is 0 Å². The molecule has 0 saturated carbocycles. The van der Waals surface area contributed by atoms with Crippen LogP contribution < -0.4 is 10.6 Å². The minimum atomic E-state index is -0.659. The first-order valence-electron chi connectivity index (χ1n) is 12.4. The van der Waals surface area contributed by atoms with Crippen molar-refractivity contribution in [1.82, 2.24) is 20.2 Å². The molecule has 1 unspecified atom stereocenters. The van der Waals surface area contributed by atoms with Crippen molar-refractivity contribution in [3.63, 3.8) is 0 Å². The fraction of sp³-hybridized carbons (Fsp3) is 0.321. The van der Waals surface area contributed by atoms with Crippen molar-refractivity contribution in [2.24, 2.45) is 0 Å². The molecule has 2 saturated heterocycles. The predicted octanol–water partition coefficient (Wildman–Crippen LogP) is 3.00. The summed E-state index contributed by atoms with van der Waals surface area (Å²) in [7, 11) is 0. The standard InChI is InChI=1S/C28H29N5O3/c1-2-3-7-22-21(17-33(28(22)36)23-10-11-26(34)32-27(23)35)16-30-24-12-13-29-25(31-24)15-18-8-9-19-5-4-6-20(19)14-18/h2-3,7-9,12-14,16,23H,4-6,10-11,15,17H2,1H3,(H,29,30,31)(H,32,34,35)/b3-2-,21-16+,22-7+. The first kappa shape index (κ1) is 23.7. The molecule has 1 atom stereocenters. The number of piperidine rings is 1. The summed E-state index contributed by atoms with van der Waals surface area (Å²) in [5.74, 6) is 0.394. The van der Waals surface area contributed by atoms with Crippen LogP contribution in [0.15, 0.2) is 66.0 Å². The number of fused-ring (bicyclic) bond motifs is 1. The van der Waals surface area contributed by atoms with Crippen molar-refractivity contribution in [2.45, 2.75) is 51.5 Å². The van der Waals surface area contributed by atoms with Crippen molar-refractivity contribution in [1.29, 1.82) is 0 Å². The smallest absolute Gasteiger partial charge is 0.255 e. The number of hydrogen-bond acceptors (Lipinski definition) is 6. The average molecular weight is 484 g/mol. The maximum Gasteiger partial charge on any atom is 0.255 e.